The molecule has 0 saturated carbocycles. The van der Waals surface area contributed by atoms with Gasteiger partial charge in [0.2, 0.25) is 5.69 Å². The van der Waals surface area contributed by atoms with Crippen molar-refractivity contribution in [2.75, 3.05) is 0 Å². The van der Waals surface area contributed by atoms with E-state index in [1.54, 1.807) is 54.9 Å². The molecule has 3 heterocycles. The smallest absolute Gasteiger partial charge is 0.368 e. The SMILES string of the molecule is O=P(O)(O)C(O)(CCC1C=C(c2ccccn2)NN=C1c1cccc[nH+]1)P(=O)(O)O. The Labute approximate surface area is 171 Å². The highest BCUT2D eigenvalue weighted by Crippen LogP contribution is 2.69. The van der Waals surface area contributed by atoms with Crippen molar-refractivity contribution in [2.45, 2.75) is 17.9 Å². The van der Waals surface area contributed by atoms with Crippen LogP contribution in [0.2, 0.25) is 0 Å². The number of nitrogens with one attached hydrogen (secondary N) is 2. The summed E-state index contributed by atoms with van der Waals surface area (Å²) in [7, 11) is -11.1. The van der Waals surface area contributed by atoms with Crippen LogP contribution in [-0.2, 0) is 9.13 Å². The first-order valence-corrected chi connectivity index (χ1v) is 12.0. The molecule has 1 aliphatic heterocycles. The molecular weight excluding hydrogens is 434 g/mol. The van der Waals surface area contributed by atoms with Gasteiger partial charge in [0.15, 0.2) is 6.20 Å². The molecule has 0 amide bonds. The third kappa shape index (κ3) is 4.58. The number of nitrogens with zero attached hydrogens (tertiary/aromatic N) is 2. The van der Waals surface area contributed by atoms with Gasteiger partial charge >= 0.3 is 15.2 Å². The van der Waals surface area contributed by atoms with E-state index in [2.05, 4.69) is 20.5 Å². The zero-order valence-corrected chi connectivity index (χ0v) is 17.3. The molecule has 0 spiro atoms. The normalized spacial score (nSPS) is 17.7. The summed E-state index contributed by atoms with van der Waals surface area (Å²) < 4.78 is 23.4. The van der Waals surface area contributed by atoms with Gasteiger partial charge in [0.25, 0.3) is 5.08 Å². The molecule has 1 atom stereocenters. The lowest BCUT2D eigenvalue weighted by molar-refractivity contribution is -0.380. The summed E-state index contributed by atoms with van der Waals surface area (Å²) in [5.41, 5.74) is 4.96. The summed E-state index contributed by atoms with van der Waals surface area (Å²) in [4.78, 5) is 44.8. The molecule has 2 aromatic heterocycles. The maximum absolute atomic E-state index is 11.7. The van der Waals surface area contributed by atoms with Gasteiger partial charge in [0.05, 0.1) is 11.4 Å². The van der Waals surface area contributed by atoms with Crippen LogP contribution >= 0.6 is 15.2 Å². The molecule has 7 N–H and O–H groups in total. The second-order valence-corrected chi connectivity index (χ2v) is 10.7. The van der Waals surface area contributed by atoms with Gasteiger partial charge in [0, 0.05) is 30.7 Å². The third-order valence-electron chi connectivity index (χ3n) is 4.67. The van der Waals surface area contributed by atoms with Crippen LogP contribution in [0.5, 0.6) is 0 Å². The Morgan fingerprint density at radius 1 is 1.07 bits per heavy atom. The fourth-order valence-corrected chi connectivity index (χ4v) is 5.23. The minimum absolute atomic E-state index is 0.202. The van der Waals surface area contributed by atoms with Crippen LogP contribution in [-0.4, -0.2) is 40.5 Å². The van der Waals surface area contributed by atoms with Crippen molar-refractivity contribution in [3.8, 4) is 0 Å². The Hall–Kier alpha value is -2.23. The summed E-state index contributed by atoms with van der Waals surface area (Å²) in [6, 6.07) is 10.5. The van der Waals surface area contributed by atoms with E-state index in [1.165, 1.54) is 0 Å². The zero-order chi connectivity index (χ0) is 22.0. The number of H-pyrrole nitrogens is 1. The largest absolute Gasteiger partial charge is 0.369 e. The monoisotopic (exact) mass is 455 g/mol. The second kappa shape index (κ2) is 8.49. The van der Waals surface area contributed by atoms with Crippen LogP contribution in [0.25, 0.3) is 5.70 Å². The fraction of sp³-hybridized carbons (Fsp3) is 0.235. The predicted molar refractivity (Wildman–Crippen MR) is 107 cm³/mol. The summed E-state index contributed by atoms with van der Waals surface area (Å²) in [5.74, 6) is -0.633. The molecule has 0 fully saturated rings. The fourth-order valence-electron chi connectivity index (χ4n) is 3.03. The highest BCUT2D eigenvalue weighted by Gasteiger charge is 2.59. The van der Waals surface area contributed by atoms with E-state index >= 15 is 0 Å². The van der Waals surface area contributed by atoms with Gasteiger partial charge in [-0.15, -0.1) is 0 Å². The molecular formula is C17H21N4O7P2+. The molecule has 13 heteroatoms. The van der Waals surface area contributed by atoms with E-state index in [0.29, 0.717) is 22.8 Å². The Bertz CT molecular complexity index is 1030. The van der Waals surface area contributed by atoms with E-state index in [4.69, 9.17) is 0 Å². The molecule has 2 aromatic rings. The Morgan fingerprint density at radius 3 is 2.33 bits per heavy atom. The van der Waals surface area contributed by atoms with Gasteiger partial charge in [-0.1, -0.05) is 6.07 Å². The molecule has 3 rings (SSSR count). The predicted octanol–water partition coefficient (Wildman–Crippen LogP) is 0.642. The van der Waals surface area contributed by atoms with Crippen molar-refractivity contribution >= 4 is 26.6 Å². The first kappa shape index (κ1) is 22.5. The standard InChI is InChI=1S/C17H20N4O7P2/c22-17(29(23,24)25,30(26,27)28)8-7-12-11-15(13-5-1-3-9-18-13)20-21-16(12)14-6-2-4-10-19-14/h1-6,9-12,20,22H,7-8H2,(H2,23,24,25)(H2,26,27,28)/p+1. The van der Waals surface area contributed by atoms with Crippen molar-refractivity contribution < 1.29 is 38.8 Å². The molecule has 0 aromatic carbocycles. The highest BCUT2D eigenvalue weighted by molar-refractivity contribution is 7.72. The Morgan fingerprint density at radius 2 is 1.77 bits per heavy atom. The minimum atomic E-state index is -5.55. The number of aromatic nitrogens is 2. The van der Waals surface area contributed by atoms with E-state index in [9.17, 15) is 33.8 Å². The summed E-state index contributed by atoms with van der Waals surface area (Å²) in [6.45, 7) is 0. The Kier molecular flexibility index (Phi) is 6.35. The maximum Gasteiger partial charge on any atom is 0.369 e. The molecule has 1 unspecified atom stereocenters. The number of hydrazone groups is 1. The van der Waals surface area contributed by atoms with Crippen molar-refractivity contribution in [1.82, 2.24) is 10.4 Å². The third-order valence-corrected chi connectivity index (χ3v) is 8.54. The van der Waals surface area contributed by atoms with Crippen LogP contribution in [0.4, 0.5) is 0 Å². The van der Waals surface area contributed by atoms with E-state index in [-0.39, 0.29) is 6.42 Å². The number of hydrogen-bond acceptors (Lipinski definition) is 6. The van der Waals surface area contributed by atoms with Crippen molar-refractivity contribution in [2.24, 2.45) is 11.0 Å². The number of aromatic amines is 1. The molecule has 0 aliphatic carbocycles. The molecule has 0 radical (unpaired) electrons. The number of rotatable bonds is 7. The van der Waals surface area contributed by atoms with Gasteiger partial charge in [-0.2, -0.15) is 5.10 Å². The summed E-state index contributed by atoms with van der Waals surface area (Å²) in [5, 5.41) is 11.1. The molecule has 1 aliphatic rings. The van der Waals surface area contributed by atoms with E-state index in [0.717, 1.165) is 0 Å². The Balaban J connectivity index is 1.96. The van der Waals surface area contributed by atoms with Crippen LogP contribution in [0.1, 0.15) is 24.2 Å². The summed E-state index contributed by atoms with van der Waals surface area (Å²) in [6.07, 6.45) is 3.87. The number of hydrogen-bond donors (Lipinski definition) is 6. The van der Waals surface area contributed by atoms with Gasteiger partial charge in [-0.25, -0.2) is 4.98 Å². The summed E-state index contributed by atoms with van der Waals surface area (Å²) >= 11 is 0. The van der Waals surface area contributed by atoms with Crippen LogP contribution < -0.4 is 10.4 Å². The average molecular weight is 455 g/mol. The number of pyridine rings is 2. The molecule has 160 valence electrons. The highest BCUT2D eigenvalue weighted by atomic mass is 31.2. The zero-order valence-electron chi connectivity index (χ0n) is 15.5. The minimum Gasteiger partial charge on any atom is -0.368 e. The molecule has 0 saturated heterocycles. The van der Waals surface area contributed by atoms with Crippen LogP contribution in [0, 0.1) is 5.92 Å². The second-order valence-electron chi connectivity index (χ2n) is 6.69. The van der Waals surface area contributed by atoms with Crippen molar-refractivity contribution in [3.05, 3.63) is 66.3 Å². The average Bonchev–Trinajstić information content (AvgIpc) is 2.71. The molecule has 30 heavy (non-hydrogen) atoms. The van der Waals surface area contributed by atoms with Gasteiger partial charge in [0.1, 0.15) is 5.71 Å². The van der Waals surface area contributed by atoms with Gasteiger partial charge in [-0.3, -0.25) is 19.5 Å². The topological polar surface area (TPSA) is 187 Å². The number of aliphatic hydroxyl groups is 1. The van der Waals surface area contributed by atoms with Crippen LogP contribution in [0.3, 0.4) is 0 Å². The van der Waals surface area contributed by atoms with Gasteiger partial charge in [-0.05, 0) is 30.7 Å². The number of allylic oxidation sites excluding steroid dienone is 1. The van der Waals surface area contributed by atoms with Gasteiger partial charge < -0.3 is 24.7 Å². The first-order valence-electron chi connectivity index (χ1n) is 8.80. The lowest BCUT2D eigenvalue weighted by Crippen LogP contribution is -2.33. The maximum atomic E-state index is 11.7. The van der Waals surface area contributed by atoms with Crippen molar-refractivity contribution in [3.63, 3.8) is 0 Å². The van der Waals surface area contributed by atoms with Crippen LogP contribution in [0.15, 0.2) is 60.0 Å². The lowest BCUT2D eigenvalue weighted by Gasteiger charge is -2.30. The molecule has 0 bridgehead atoms. The lowest BCUT2D eigenvalue weighted by atomic mass is 9.92. The first-order chi connectivity index (χ1) is 14.0. The molecule has 11 nitrogen and oxygen atoms in total. The van der Waals surface area contributed by atoms with Crippen molar-refractivity contribution in [1.29, 1.82) is 0 Å². The van der Waals surface area contributed by atoms with E-state index in [1.807, 2.05) is 0 Å². The van der Waals surface area contributed by atoms with E-state index < -0.39 is 32.6 Å². The quantitative estimate of drug-likeness (QED) is 0.326.